The van der Waals surface area contributed by atoms with Crippen molar-refractivity contribution in [3.05, 3.63) is 11.6 Å². The average Bonchev–Trinajstić information content (AvgIpc) is 2.82. The van der Waals surface area contributed by atoms with E-state index in [-0.39, 0.29) is 24.0 Å². The molecule has 3 saturated carbocycles. The van der Waals surface area contributed by atoms with E-state index in [0.29, 0.717) is 42.4 Å². The quantitative estimate of drug-likeness (QED) is 0.832. The first-order chi connectivity index (χ1) is 11.0. The summed E-state index contributed by atoms with van der Waals surface area (Å²) in [7, 11) is 0. The number of aliphatic hydroxyl groups is 1. The van der Waals surface area contributed by atoms with Gasteiger partial charge in [-0.05, 0) is 86.0 Å². The van der Waals surface area contributed by atoms with Crippen LogP contribution in [0.2, 0.25) is 0 Å². The number of carbonyl (C=O) groups is 1. The number of hydrogen-bond acceptors (Lipinski definition) is 2. The second kappa shape index (κ2) is 5.68. The molecule has 3 heteroatoms. The molecule has 4 aliphatic carbocycles. The number of aliphatic hydroxyl groups excluding tert-OH is 1. The summed E-state index contributed by atoms with van der Waals surface area (Å²) in [5.74, 6) is 2.93. The third-order valence-electron chi connectivity index (χ3n) is 7.85. The summed E-state index contributed by atoms with van der Waals surface area (Å²) in [4.78, 5) is 11.8. The Morgan fingerprint density at radius 2 is 2.09 bits per heavy atom. The molecular weight excluding hydrogens is 291 g/mol. The number of carbonyl (C=O) groups excluding carboxylic acids is 1. The van der Waals surface area contributed by atoms with Crippen LogP contribution in [-0.4, -0.2) is 23.7 Å². The lowest BCUT2D eigenvalue weighted by Gasteiger charge is -2.56. The van der Waals surface area contributed by atoms with Crippen LogP contribution in [0, 0.1) is 35.0 Å². The number of ketones is 1. The van der Waals surface area contributed by atoms with E-state index in [0.717, 1.165) is 38.5 Å². The molecule has 0 aromatic rings. The van der Waals surface area contributed by atoms with Crippen LogP contribution in [0.3, 0.4) is 0 Å². The molecule has 4 aliphatic rings. The molecule has 0 heterocycles. The van der Waals surface area contributed by atoms with E-state index in [9.17, 15) is 14.3 Å². The zero-order valence-electron chi connectivity index (χ0n) is 14.1. The Balaban J connectivity index is 1.69. The molecule has 0 saturated heterocycles. The summed E-state index contributed by atoms with van der Waals surface area (Å²) in [6.07, 6.45) is 9.18. The van der Waals surface area contributed by atoms with Gasteiger partial charge >= 0.3 is 0 Å². The van der Waals surface area contributed by atoms with Crippen LogP contribution in [0.25, 0.3) is 0 Å². The molecule has 4 unspecified atom stereocenters. The van der Waals surface area contributed by atoms with Crippen molar-refractivity contribution in [3.8, 4) is 0 Å². The summed E-state index contributed by atoms with van der Waals surface area (Å²) in [6.45, 7) is 2.00. The second-order valence-corrected chi connectivity index (χ2v) is 8.76. The fraction of sp³-hybridized carbons (Fsp3) is 0.850. The van der Waals surface area contributed by atoms with Crippen LogP contribution in [0.1, 0.15) is 58.3 Å². The van der Waals surface area contributed by atoms with Gasteiger partial charge in [-0.15, -0.1) is 0 Å². The zero-order valence-corrected chi connectivity index (χ0v) is 14.1. The summed E-state index contributed by atoms with van der Waals surface area (Å²) in [6, 6.07) is 0. The molecule has 0 aromatic heterocycles. The Kier molecular flexibility index (Phi) is 3.91. The van der Waals surface area contributed by atoms with Crippen LogP contribution in [0.5, 0.6) is 0 Å². The molecule has 4 rings (SSSR count). The molecule has 0 bridgehead atoms. The summed E-state index contributed by atoms with van der Waals surface area (Å²) >= 11 is 0. The van der Waals surface area contributed by atoms with Crippen molar-refractivity contribution in [1.29, 1.82) is 0 Å². The van der Waals surface area contributed by atoms with Gasteiger partial charge in [0.25, 0.3) is 0 Å². The monoisotopic (exact) mass is 320 g/mol. The lowest BCUT2D eigenvalue weighted by atomic mass is 9.48. The Hall–Kier alpha value is -0.700. The van der Waals surface area contributed by atoms with Gasteiger partial charge in [0.2, 0.25) is 0 Å². The van der Waals surface area contributed by atoms with Crippen molar-refractivity contribution in [2.45, 2.75) is 64.4 Å². The van der Waals surface area contributed by atoms with Crippen molar-refractivity contribution in [1.82, 2.24) is 0 Å². The topological polar surface area (TPSA) is 37.3 Å². The maximum Gasteiger partial charge on any atom is 0.155 e. The molecule has 3 fully saturated rings. The third kappa shape index (κ3) is 2.33. The predicted octanol–water partition coefficient (Wildman–Crippen LogP) is 4.07. The van der Waals surface area contributed by atoms with E-state index in [1.54, 1.807) is 0 Å². The highest BCUT2D eigenvalue weighted by Crippen LogP contribution is 2.64. The highest BCUT2D eigenvalue weighted by atomic mass is 19.1. The van der Waals surface area contributed by atoms with Crippen molar-refractivity contribution < 1.29 is 14.3 Å². The van der Waals surface area contributed by atoms with Gasteiger partial charge in [0.1, 0.15) is 0 Å². The van der Waals surface area contributed by atoms with E-state index >= 15 is 0 Å². The largest absolute Gasteiger partial charge is 0.393 e. The first-order valence-corrected chi connectivity index (χ1v) is 9.52. The van der Waals surface area contributed by atoms with Crippen molar-refractivity contribution in [2.75, 3.05) is 6.67 Å². The fourth-order valence-corrected chi connectivity index (χ4v) is 6.91. The van der Waals surface area contributed by atoms with Crippen LogP contribution in [-0.2, 0) is 4.79 Å². The summed E-state index contributed by atoms with van der Waals surface area (Å²) < 4.78 is 13.3. The van der Waals surface area contributed by atoms with E-state index in [2.05, 4.69) is 6.92 Å². The van der Waals surface area contributed by atoms with E-state index in [4.69, 9.17) is 0 Å². The molecule has 7 atom stereocenters. The molecule has 0 aromatic carbocycles. The molecular formula is C20H29FO2. The van der Waals surface area contributed by atoms with Gasteiger partial charge in [-0.2, -0.15) is 0 Å². The Labute approximate surface area is 138 Å². The van der Waals surface area contributed by atoms with Crippen LogP contribution in [0.15, 0.2) is 11.6 Å². The number of hydrogen-bond donors (Lipinski definition) is 1. The van der Waals surface area contributed by atoms with Gasteiger partial charge in [0.05, 0.1) is 12.8 Å². The minimum Gasteiger partial charge on any atom is -0.393 e. The normalized spacial score (nSPS) is 49.2. The molecule has 1 N–H and O–H groups in total. The van der Waals surface area contributed by atoms with Gasteiger partial charge < -0.3 is 5.11 Å². The number of rotatable bonds is 2. The SMILES string of the molecule is C[C@]12C[C@H](CCF)C3C4CCC(=O)C=C4CCC3C1CC[C@@H]2O. The summed E-state index contributed by atoms with van der Waals surface area (Å²) in [5.41, 5.74) is 1.35. The van der Waals surface area contributed by atoms with Crippen LogP contribution < -0.4 is 0 Å². The molecule has 0 spiro atoms. The van der Waals surface area contributed by atoms with Crippen molar-refractivity contribution in [2.24, 2.45) is 35.0 Å². The van der Waals surface area contributed by atoms with E-state index in [1.165, 1.54) is 5.57 Å². The first kappa shape index (κ1) is 15.8. The Morgan fingerprint density at radius 3 is 2.87 bits per heavy atom. The van der Waals surface area contributed by atoms with E-state index in [1.807, 2.05) is 6.08 Å². The maximum atomic E-state index is 13.3. The lowest BCUT2D eigenvalue weighted by Crippen LogP contribution is -2.51. The molecule has 23 heavy (non-hydrogen) atoms. The third-order valence-corrected chi connectivity index (χ3v) is 7.85. The highest BCUT2D eigenvalue weighted by molar-refractivity contribution is 5.91. The Bertz CT molecular complexity index is 528. The average molecular weight is 320 g/mol. The minimum absolute atomic E-state index is 0.00723. The maximum absolute atomic E-state index is 13.3. The minimum atomic E-state index is -0.255. The molecule has 128 valence electrons. The van der Waals surface area contributed by atoms with Crippen molar-refractivity contribution >= 4 is 5.78 Å². The van der Waals surface area contributed by atoms with Gasteiger partial charge in [0, 0.05) is 6.42 Å². The first-order valence-electron chi connectivity index (χ1n) is 9.52. The zero-order chi connectivity index (χ0) is 16.2. The van der Waals surface area contributed by atoms with Gasteiger partial charge in [-0.25, -0.2) is 0 Å². The van der Waals surface area contributed by atoms with Gasteiger partial charge in [0.15, 0.2) is 5.78 Å². The van der Waals surface area contributed by atoms with E-state index < -0.39 is 0 Å². The van der Waals surface area contributed by atoms with Gasteiger partial charge in [-0.1, -0.05) is 12.5 Å². The molecule has 2 nitrogen and oxygen atoms in total. The molecule has 0 radical (unpaired) electrons. The number of fused-ring (bicyclic) bond motifs is 5. The number of halogens is 1. The number of alkyl halides is 1. The van der Waals surface area contributed by atoms with Crippen LogP contribution in [0.4, 0.5) is 4.39 Å². The number of allylic oxidation sites excluding steroid dienone is 1. The molecule has 0 amide bonds. The smallest absolute Gasteiger partial charge is 0.155 e. The van der Waals surface area contributed by atoms with Gasteiger partial charge in [-0.3, -0.25) is 9.18 Å². The molecule has 0 aliphatic heterocycles. The Morgan fingerprint density at radius 1 is 1.26 bits per heavy atom. The highest BCUT2D eigenvalue weighted by Gasteiger charge is 2.58. The predicted molar refractivity (Wildman–Crippen MR) is 87.6 cm³/mol. The standard InChI is InChI=1S/C20H29FO2/c1-20-11-13(8-9-21)19-15-5-3-14(22)10-12(15)2-4-16(19)17(20)6-7-18(20)23/h10,13,15-19,23H,2-9,11H2,1H3/t13-,15?,16?,17?,18-,19?,20-/m0/s1. The fourth-order valence-electron chi connectivity index (χ4n) is 6.91. The lowest BCUT2D eigenvalue weighted by molar-refractivity contribution is -0.117. The van der Waals surface area contributed by atoms with Crippen LogP contribution >= 0.6 is 0 Å². The van der Waals surface area contributed by atoms with Crippen molar-refractivity contribution in [3.63, 3.8) is 0 Å². The summed E-state index contributed by atoms with van der Waals surface area (Å²) in [5, 5.41) is 10.6. The second-order valence-electron chi connectivity index (χ2n) is 8.76.